The topological polar surface area (TPSA) is 26.0 Å². The van der Waals surface area contributed by atoms with E-state index < -0.39 is 0 Å². The van der Waals surface area contributed by atoms with Crippen LogP contribution in [0.2, 0.25) is 0 Å². The van der Waals surface area contributed by atoms with Crippen molar-refractivity contribution in [2.24, 2.45) is 11.7 Å². The van der Waals surface area contributed by atoms with Crippen LogP contribution in [-0.4, -0.2) is 17.5 Å². The van der Waals surface area contributed by atoms with Gasteiger partial charge >= 0.3 is 0 Å². The van der Waals surface area contributed by atoms with Crippen molar-refractivity contribution in [1.29, 1.82) is 0 Å². The zero-order chi connectivity index (χ0) is 10.2. The summed E-state index contributed by atoms with van der Waals surface area (Å²) in [4.78, 5) is 0. The second-order valence-corrected chi connectivity index (χ2v) is 5.82. The fourth-order valence-corrected chi connectivity index (χ4v) is 2.98. The molecular weight excluding hydrogens is 190 g/mol. The number of thioether (sulfide) groups is 1. The van der Waals surface area contributed by atoms with Crippen molar-refractivity contribution in [3.05, 3.63) is 0 Å². The van der Waals surface area contributed by atoms with Crippen LogP contribution in [-0.2, 0) is 0 Å². The standard InChI is InChI=1S/C12H25NS/c1-2-14-10-12(13)9-8-11-6-4-3-5-7-11/h11-12H,2-10,13H2,1H3. The molecule has 0 aromatic carbocycles. The lowest BCUT2D eigenvalue weighted by atomic mass is 9.85. The Balaban J connectivity index is 2.00. The van der Waals surface area contributed by atoms with Crippen LogP contribution in [0, 0.1) is 5.92 Å². The lowest BCUT2D eigenvalue weighted by molar-refractivity contribution is 0.326. The molecule has 1 fully saturated rings. The van der Waals surface area contributed by atoms with Gasteiger partial charge in [0.2, 0.25) is 0 Å². The van der Waals surface area contributed by atoms with Gasteiger partial charge in [-0.1, -0.05) is 39.0 Å². The first-order chi connectivity index (χ1) is 6.83. The van der Waals surface area contributed by atoms with Gasteiger partial charge in [-0.15, -0.1) is 0 Å². The normalized spacial score (nSPS) is 21.0. The molecule has 1 unspecified atom stereocenters. The minimum atomic E-state index is 0.446. The monoisotopic (exact) mass is 215 g/mol. The van der Waals surface area contributed by atoms with Gasteiger partial charge in [0.25, 0.3) is 0 Å². The Morgan fingerprint density at radius 1 is 1.29 bits per heavy atom. The summed E-state index contributed by atoms with van der Waals surface area (Å²) >= 11 is 1.98. The quantitative estimate of drug-likeness (QED) is 0.734. The third-order valence-electron chi connectivity index (χ3n) is 3.21. The van der Waals surface area contributed by atoms with Crippen LogP contribution in [0.25, 0.3) is 0 Å². The molecule has 0 aliphatic heterocycles. The maximum absolute atomic E-state index is 6.06. The molecule has 0 aromatic heterocycles. The molecule has 84 valence electrons. The third-order valence-corrected chi connectivity index (χ3v) is 4.28. The highest BCUT2D eigenvalue weighted by Gasteiger charge is 2.14. The van der Waals surface area contributed by atoms with Crippen molar-refractivity contribution in [3.63, 3.8) is 0 Å². The Morgan fingerprint density at radius 2 is 2.00 bits per heavy atom. The van der Waals surface area contributed by atoms with E-state index in [1.54, 1.807) is 0 Å². The molecule has 0 heterocycles. The second kappa shape index (κ2) is 7.58. The van der Waals surface area contributed by atoms with Gasteiger partial charge in [-0.3, -0.25) is 0 Å². The van der Waals surface area contributed by atoms with Crippen LogP contribution in [0.5, 0.6) is 0 Å². The molecule has 1 nitrogen and oxygen atoms in total. The molecule has 0 aromatic rings. The van der Waals surface area contributed by atoms with Gasteiger partial charge in [0.05, 0.1) is 0 Å². The minimum Gasteiger partial charge on any atom is -0.327 e. The Hall–Kier alpha value is 0.310. The van der Waals surface area contributed by atoms with Crippen LogP contribution in [0.4, 0.5) is 0 Å². The van der Waals surface area contributed by atoms with E-state index in [1.807, 2.05) is 11.8 Å². The summed E-state index contributed by atoms with van der Waals surface area (Å²) in [7, 11) is 0. The van der Waals surface area contributed by atoms with E-state index in [4.69, 9.17) is 5.73 Å². The second-order valence-electron chi connectivity index (χ2n) is 4.50. The van der Waals surface area contributed by atoms with E-state index in [1.165, 1.54) is 50.7 Å². The number of hydrogen-bond acceptors (Lipinski definition) is 2. The van der Waals surface area contributed by atoms with E-state index in [0.29, 0.717) is 6.04 Å². The summed E-state index contributed by atoms with van der Waals surface area (Å²) in [6, 6.07) is 0.446. The zero-order valence-corrected chi connectivity index (χ0v) is 10.3. The Kier molecular flexibility index (Phi) is 6.70. The van der Waals surface area contributed by atoms with E-state index >= 15 is 0 Å². The molecule has 1 rings (SSSR count). The van der Waals surface area contributed by atoms with Crippen LogP contribution in [0.15, 0.2) is 0 Å². The van der Waals surface area contributed by atoms with Crippen LogP contribution < -0.4 is 5.73 Å². The van der Waals surface area contributed by atoms with Crippen molar-refractivity contribution in [3.8, 4) is 0 Å². The average Bonchev–Trinajstić information content (AvgIpc) is 2.25. The van der Waals surface area contributed by atoms with Crippen LogP contribution in [0.1, 0.15) is 51.9 Å². The molecule has 0 bridgehead atoms. The highest BCUT2D eigenvalue weighted by atomic mass is 32.2. The van der Waals surface area contributed by atoms with E-state index in [-0.39, 0.29) is 0 Å². The van der Waals surface area contributed by atoms with Gasteiger partial charge in [0.15, 0.2) is 0 Å². The van der Waals surface area contributed by atoms with Crippen molar-refractivity contribution >= 4 is 11.8 Å². The molecule has 2 heteroatoms. The molecule has 2 N–H and O–H groups in total. The zero-order valence-electron chi connectivity index (χ0n) is 9.50. The van der Waals surface area contributed by atoms with Gasteiger partial charge in [-0.2, -0.15) is 11.8 Å². The van der Waals surface area contributed by atoms with Crippen molar-refractivity contribution in [2.45, 2.75) is 57.9 Å². The van der Waals surface area contributed by atoms with E-state index in [9.17, 15) is 0 Å². The molecule has 1 aliphatic carbocycles. The number of rotatable bonds is 6. The molecule has 1 aliphatic rings. The van der Waals surface area contributed by atoms with Crippen molar-refractivity contribution in [2.75, 3.05) is 11.5 Å². The number of nitrogens with two attached hydrogens (primary N) is 1. The molecule has 1 saturated carbocycles. The molecule has 0 spiro atoms. The summed E-state index contributed by atoms with van der Waals surface area (Å²) in [5.74, 6) is 3.36. The lowest BCUT2D eigenvalue weighted by Crippen LogP contribution is -2.24. The van der Waals surface area contributed by atoms with Gasteiger partial charge in [0, 0.05) is 11.8 Å². The molecule has 1 atom stereocenters. The van der Waals surface area contributed by atoms with Gasteiger partial charge < -0.3 is 5.73 Å². The maximum Gasteiger partial charge on any atom is 0.0130 e. The third kappa shape index (κ3) is 5.26. The first-order valence-corrected chi connectivity index (χ1v) is 7.31. The Bertz CT molecular complexity index is 132. The molecular formula is C12H25NS. The Labute approximate surface area is 93.2 Å². The van der Waals surface area contributed by atoms with Gasteiger partial charge in [-0.05, 0) is 24.5 Å². The predicted molar refractivity (Wildman–Crippen MR) is 66.8 cm³/mol. The molecule has 0 radical (unpaired) electrons. The molecule has 0 saturated heterocycles. The van der Waals surface area contributed by atoms with E-state index in [0.717, 1.165) is 11.7 Å². The maximum atomic E-state index is 6.06. The van der Waals surface area contributed by atoms with Crippen molar-refractivity contribution < 1.29 is 0 Å². The predicted octanol–water partition coefficient (Wildman–Crippen LogP) is 3.43. The molecule has 0 amide bonds. The lowest BCUT2D eigenvalue weighted by Gasteiger charge is -2.22. The Morgan fingerprint density at radius 3 is 2.64 bits per heavy atom. The highest BCUT2D eigenvalue weighted by Crippen LogP contribution is 2.27. The first kappa shape index (κ1) is 12.4. The summed E-state index contributed by atoms with van der Waals surface area (Å²) in [6.07, 6.45) is 9.95. The summed E-state index contributed by atoms with van der Waals surface area (Å²) in [5, 5.41) is 0. The van der Waals surface area contributed by atoms with Gasteiger partial charge in [-0.25, -0.2) is 0 Å². The minimum absolute atomic E-state index is 0.446. The van der Waals surface area contributed by atoms with Crippen LogP contribution >= 0.6 is 11.8 Å². The van der Waals surface area contributed by atoms with E-state index in [2.05, 4.69) is 6.92 Å². The summed E-state index contributed by atoms with van der Waals surface area (Å²) in [5.41, 5.74) is 6.06. The highest BCUT2D eigenvalue weighted by molar-refractivity contribution is 7.99. The fourth-order valence-electron chi connectivity index (χ4n) is 2.28. The molecule has 14 heavy (non-hydrogen) atoms. The van der Waals surface area contributed by atoms with Crippen LogP contribution in [0.3, 0.4) is 0 Å². The fraction of sp³-hybridized carbons (Fsp3) is 1.00. The summed E-state index contributed by atoms with van der Waals surface area (Å²) < 4.78 is 0. The smallest absolute Gasteiger partial charge is 0.0130 e. The average molecular weight is 215 g/mol. The summed E-state index contributed by atoms with van der Waals surface area (Å²) in [6.45, 7) is 2.21. The van der Waals surface area contributed by atoms with Crippen molar-refractivity contribution in [1.82, 2.24) is 0 Å². The number of hydrogen-bond donors (Lipinski definition) is 1. The van der Waals surface area contributed by atoms with Gasteiger partial charge in [0.1, 0.15) is 0 Å². The first-order valence-electron chi connectivity index (χ1n) is 6.16. The largest absolute Gasteiger partial charge is 0.327 e. The SMILES string of the molecule is CCSCC(N)CCC1CCCCC1.